The van der Waals surface area contributed by atoms with Crippen molar-refractivity contribution in [1.29, 1.82) is 0 Å². The second kappa shape index (κ2) is 11.6. The monoisotopic (exact) mass is 509 g/mol. The van der Waals surface area contributed by atoms with Crippen molar-refractivity contribution in [1.82, 2.24) is 5.32 Å². The molecule has 0 aliphatic heterocycles. The molecule has 0 aromatic heterocycles. The molecule has 28 heavy (non-hydrogen) atoms. The van der Waals surface area contributed by atoms with Crippen LogP contribution in [0, 0.1) is 0 Å². The Bertz CT molecular complexity index is 753. The highest BCUT2D eigenvalue weighted by Gasteiger charge is 2.28. The van der Waals surface area contributed by atoms with E-state index >= 15 is 0 Å². The number of rotatable bonds is 8. The minimum Gasteiger partial charge on any atom is -0.497 e. The summed E-state index contributed by atoms with van der Waals surface area (Å²) in [6.45, 7) is -0.476. The lowest BCUT2D eigenvalue weighted by Crippen LogP contribution is -2.33. The van der Waals surface area contributed by atoms with Gasteiger partial charge in [0.25, 0.3) is 0 Å². The second-order valence-corrected chi connectivity index (χ2v) is 5.78. The van der Waals surface area contributed by atoms with E-state index in [2.05, 4.69) is 10.3 Å². The fourth-order valence-electron chi connectivity index (χ4n) is 2.26. The number of nitrogens with zero attached hydrogens (tertiary/aromatic N) is 1. The van der Waals surface area contributed by atoms with Crippen molar-refractivity contribution in [2.75, 3.05) is 20.3 Å². The topological polar surface area (TPSA) is 68.9 Å². The van der Waals surface area contributed by atoms with Gasteiger partial charge in [-0.1, -0.05) is 24.3 Å². The van der Waals surface area contributed by atoms with Gasteiger partial charge in [0.2, 0.25) is 0 Å². The number of benzene rings is 2. The lowest BCUT2D eigenvalue weighted by Gasteiger charge is -2.10. The van der Waals surface area contributed by atoms with Crippen molar-refractivity contribution < 1.29 is 22.6 Å². The highest BCUT2D eigenvalue weighted by molar-refractivity contribution is 14.0. The largest absolute Gasteiger partial charge is 0.497 e. The van der Waals surface area contributed by atoms with Crippen LogP contribution in [0.25, 0.3) is 0 Å². The summed E-state index contributed by atoms with van der Waals surface area (Å²) >= 11 is 0. The molecular formula is C19H23F3IN3O2. The van der Waals surface area contributed by atoms with Crippen LogP contribution in [0.2, 0.25) is 0 Å². The average molecular weight is 509 g/mol. The number of alkyl halides is 3. The minimum atomic E-state index is -4.37. The first-order chi connectivity index (χ1) is 12.9. The van der Waals surface area contributed by atoms with Crippen LogP contribution in [0.4, 0.5) is 13.2 Å². The Balaban J connectivity index is 0.00000392. The van der Waals surface area contributed by atoms with Crippen LogP contribution in [-0.2, 0) is 13.0 Å². The third-order valence-corrected chi connectivity index (χ3v) is 3.61. The quantitative estimate of drug-likeness (QED) is 0.322. The van der Waals surface area contributed by atoms with Gasteiger partial charge in [-0.05, 0) is 41.8 Å². The SMILES string of the molecule is COc1ccc(CCNC(N)=NCc2cccc(OCC(F)(F)F)c2)cc1.I. The maximum atomic E-state index is 12.2. The van der Waals surface area contributed by atoms with E-state index in [1.54, 1.807) is 19.2 Å². The molecule has 2 aromatic carbocycles. The summed E-state index contributed by atoms with van der Waals surface area (Å²) in [6, 6.07) is 14.1. The highest BCUT2D eigenvalue weighted by Crippen LogP contribution is 2.19. The van der Waals surface area contributed by atoms with Gasteiger partial charge in [0, 0.05) is 6.54 Å². The molecule has 0 spiro atoms. The van der Waals surface area contributed by atoms with Crippen LogP contribution in [0.15, 0.2) is 53.5 Å². The second-order valence-electron chi connectivity index (χ2n) is 5.78. The molecule has 0 saturated heterocycles. The summed E-state index contributed by atoms with van der Waals surface area (Å²) < 4.78 is 46.4. The molecule has 0 heterocycles. The van der Waals surface area contributed by atoms with E-state index in [1.165, 1.54) is 12.1 Å². The van der Waals surface area contributed by atoms with E-state index in [0.29, 0.717) is 12.1 Å². The molecule has 0 bridgehead atoms. The summed E-state index contributed by atoms with van der Waals surface area (Å²) in [7, 11) is 1.62. The smallest absolute Gasteiger partial charge is 0.422 e. The molecule has 0 fully saturated rings. The number of nitrogens with two attached hydrogens (primary N) is 1. The third-order valence-electron chi connectivity index (χ3n) is 3.61. The molecule has 0 aliphatic carbocycles. The lowest BCUT2D eigenvalue weighted by atomic mass is 10.1. The molecule has 0 atom stereocenters. The van der Waals surface area contributed by atoms with Gasteiger partial charge >= 0.3 is 6.18 Å². The fourth-order valence-corrected chi connectivity index (χ4v) is 2.26. The van der Waals surface area contributed by atoms with Gasteiger partial charge in [0.1, 0.15) is 11.5 Å². The molecule has 154 valence electrons. The van der Waals surface area contributed by atoms with Crippen LogP contribution in [0.5, 0.6) is 11.5 Å². The van der Waals surface area contributed by atoms with E-state index < -0.39 is 12.8 Å². The summed E-state index contributed by atoms with van der Waals surface area (Å²) in [5, 5.41) is 3.01. The molecule has 9 heteroatoms. The van der Waals surface area contributed by atoms with Gasteiger partial charge in [-0.3, -0.25) is 0 Å². The Morgan fingerprint density at radius 2 is 1.79 bits per heavy atom. The molecule has 0 radical (unpaired) electrons. The van der Waals surface area contributed by atoms with Crippen LogP contribution in [-0.4, -0.2) is 32.4 Å². The normalized spacial score (nSPS) is 11.5. The number of halogens is 4. The molecule has 0 aliphatic rings. The Labute approximate surface area is 179 Å². The maximum absolute atomic E-state index is 12.2. The lowest BCUT2D eigenvalue weighted by molar-refractivity contribution is -0.153. The molecule has 0 unspecified atom stereocenters. The molecule has 0 saturated carbocycles. The van der Waals surface area contributed by atoms with E-state index in [1.807, 2.05) is 24.3 Å². The zero-order chi connectivity index (χ0) is 19.7. The van der Waals surface area contributed by atoms with Crippen molar-refractivity contribution in [2.24, 2.45) is 10.7 Å². The van der Waals surface area contributed by atoms with Crippen molar-refractivity contribution in [3.8, 4) is 11.5 Å². The summed E-state index contributed by atoms with van der Waals surface area (Å²) in [5.41, 5.74) is 7.66. The summed E-state index contributed by atoms with van der Waals surface area (Å²) in [6.07, 6.45) is -3.60. The predicted molar refractivity (Wildman–Crippen MR) is 113 cm³/mol. The zero-order valence-electron chi connectivity index (χ0n) is 15.3. The highest BCUT2D eigenvalue weighted by atomic mass is 127. The third kappa shape index (κ3) is 9.16. The van der Waals surface area contributed by atoms with E-state index in [4.69, 9.17) is 15.2 Å². The Hall–Kier alpha value is -2.17. The number of methoxy groups -OCH3 is 1. The van der Waals surface area contributed by atoms with Crippen LogP contribution < -0.4 is 20.5 Å². The van der Waals surface area contributed by atoms with Gasteiger partial charge in [0.05, 0.1) is 13.7 Å². The molecular weight excluding hydrogens is 486 g/mol. The number of ether oxygens (including phenoxy) is 2. The number of hydrogen-bond donors (Lipinski definition) is 2. The van der Waals surface area contributed by atoms with Gasteiger partial charge < -0.3 is 20.5 Å². The number of nitrogens with one attached hydrogen (secondary N) is 1. The summed E-state index contributed by atoms with van der Waals surface area (Å²) in [5.74, 6) is 1.21. The fraction of sp³-hybridized carbons (Fsp3) is 0.316. The number of guanidine groups is 1. The molecule has 0 amide bonds. The summed E-state index contributed by atoms with van der Waals surface area (Å²) in [4.78, 5) is 4.19. The van der Waals surface area contributed by atoms with Crippen molar-refractivity contribution in [3.63, 3.8) is 0 Å². The Morgan fingerprint density at radius 3 is 2.43 bits per heavy atom. The Morgan fingerprint density at radius 1 is 1.07 bits per heavy atom. The van der Waals surface area contributed by atoms with E-state index in [0.717, 1.165) is 17.7 Å². The van der Waals surface area contributed by atoms with Crippen molar-refractivity contribution >= 4 is 29.9 Å². The Kier molecular flexibility index (Phi) is 9.91. The zero-order valence-corrected chi connectivity index (χ0v) is 17.7. The minimum absolute atomic E-state index is 0. The van der Waals surface area contributed by atoms with E-state index in [-0.39, 0.29) is 42.2 Å². The first-order valence-electron chi connectivity index (χ1n) is 8.31. The average Bonchev–Trinajstić information content (AvgIpc) is 2.65. The van der Waals surface area contributed by atoms with Crippen molar-refractivity contribution in [3.05, 3.63) is 59.7 Å². The molecule has 5 nitrogen and oxygen atoms in total. The first kappa shape index (κ1) is 23.9. The number of aliphatic imine (C=N–C) groups is 1. The van der Waals surface area contributed by atoms with Gasteiger partial charge in [0.15, 0.2) is 12.6 Å². The number of hydrogen-bond acceptors (Lipinski definition) is 3. The van der Waals surface area contributed by atoms with Crippen LogP contribution in [0.1, 0.15) is 11.1 Å². The van der Waals surface area contributed by atoms with Crippen molar-refractivity contribution in [2.45, 2.75) is 19.1 Å². The van der Waals surface area contributed by atoms with Crippen LogP contribution in [0.3, 0.4) is 0 Å². The standard InChI is InChI=1S/C19H22F3N3O2.HI/c1-26-16-7-5-14(6-8-16)9-10-24-18(23)25-12-15-3-2-4-17(11-15)27-13-19(20,21)22;/h2-8,11H,9-10,12-13H2,1H3,(H3,23,24,25);1H. The predicted octanol–water partition coefficient (Wildman–Crippen LogP) is 3.90. The molecule has 3 N–H and O–H groups in total. The van der Waals surface area contributed by atoms with Gasteiger partial charge in [-0.2, -0.15) is 13.2 Å². The van der Waals surface area contributed by atoms with Gasteiger partial charge in [-0.15, -0.1) is 24.0 Å². The van der Waals surface area contributed by atoms with Crippen LogP contribution >= 0.6 is 24.0 Å². The van der Waals surface area contributed by atoms with Gasteiger partial charge in [-0.25, -0.2) is 4.99 Å². The first-order valence-corrected chi connectivity index (χ1v) is 8.31. The molecule has 2 rings (SSSR count). The maximum Gasteiger partial charge on any atom is 0.422 e. The van der Waals surface area contributed by atoms with E-state index in [9.17, 15) is 13.2 Å². The molecule has 2 aromatic rings.